The van der Waals surface area contributed by atoms with Gasteiger partial charge in [0.15, 0.2) is 16.7 Å². The van der Waals surface area contributed by atoms with E-state index in [0.717, 1.165) is 111 Å². The Labute approximate surface area is 383 Å². The minimum Gasteiger partial charge on any atom is -0.507 e. The molecule has 340 valence electrons. The minimum absolute atomic E-state index is 0.0197. The van der Waals surface area contributed by atoms with Gasteiger partial charge in [0.25, 0.3) is 0 Å². The number of halogens is 1. The summed E-state index contributed by atoms with van der Waals surface area (Å²) in [5, 5.41) is 22.4. The predicted octanol–water partition coefficient (Wildman–Crippen LogP) is 5.72. The van der Waals surface area contributed by atoms with Crippen LogP contribution in [0.15, 0.2) is 66.7 Å². The van der Waals surface area contributed by atoms with Crippen molar-refractivity contribution in [2.45, 2.75) is 75.0 Å². The number of nitrogens with two attached hydrogens (primary N) is 1. The number of carbonyl (C=O) groups is 2. The van der Waals surface area contributed by atoms with Crippen molar-refractivity contribution >= 4 is 52.0 Å². The maximum atomic E-state index is 15.4. The number of hydrogen-bond donors (Lipinski definition) is 3. The first-order valence-electron chi connectivity index (χ1n) is 23.3. The van der Waals surface area contributed by atoms with Gasteiger partial charge in [0.1, 0.15) is 36.1 Å². The van der Waals surface area contributed by atoms with Crippen molar-refractivity contribution < 1.29 is 28.6 Å². The van der Waals surface area contributed by atoms with Crippen LogP contribution >= 0.6 is 12.2 Å². The topological polar surface area (TPSA) is 153 Å². The number of hydrogen-bond acceptors (Lipinski definition) is 12. The van der Waals surface area contributed by atoms with Crippen LogP contribution in [-0.4, -0.2) is 120 Å². The Morgan fingerprint density at radius 1 is 0.908 bits per heavy atom. The van der Waals surface area contributed by atoms with Crippen molar-refractivity contribution in [2.75, 3.05) is 79.9 Å². The fourth-order valence-corrected chi connectivity index (χ4v) is 12.9. The number of aromatic hydroxyl groups is 1. The molecule has 14 nitrogen and oxygen atoms in total. The molecule has 2 saturated carbocycles. The van der Waals surface area contributed by atoms with Crippen LogP contribution in [0.1, 0.15) is 56.9 Å². The Hall–Kier alpha value is -5.90. The highest BCUT2D eigenvalue weighted by Gasteiger charge is 2.67. The van der Waals surface area contributed by atoms with Gasteiger partial charge in [-0.2, -0.15) is 0 Å². The maximum Gasteiger partial charge on any atom is 0.249 e. The molecule has 5 aliphatic heterocycles. The lowest BCUT2D eigenvalue weighted by Gasteiger charge is -2.71. The van der Waals surface area contributed by atoms with Crippen LogP contribution in [0.2, 0.25) is 0 Å². The fourth-order valence-electron chi connectivity index (χ4n) is 12.6. The number of ether oxygens (including phenoxy) is 2. The number of benzene rings is 3. The molecule has 2 aliphatic carbocycles. The van der Waals surface area contributed by atoms with Gasteiger partial charge in [-0.05, 0) is 116 Å². The van der Waals surface area contributed by atoms with Gasteiger partial charge >= 0.3 is 0 Å². The molecule has 2 amide bonds. The second-order valence-electron chi connectivity index (χ2n) is 19.3. The zero-order valence-electron chi connectivity index (χ0n) is 36.7. The molecule has 11 rings (SSSR count). The van der Waals surface area contributed by atoms with Crippen molar-refractivity contribution in [2.24, 2.45) is 17.8 Å². The molecule has 1 aromatic heterocycles. The van der Waals surface area contributed by atoms with Crippen LogP contribution in [0.3, 0.4) is 0 Å². The van der Waals surface area contributed by atoms with Crippen LogP contribution in [0.4, 0.5) is 27.3 Å². The second-order valence-corrected chi connectivity index (χ2v) is 19.6. The van der Waals surface area contributed by atoms with Gasteiger partial charge in [-0.3, -0.25) is 14.9 Å². The molecule has 6 fully saturated rings. The number of nitrogens with one attached hydrogen (secondary N) is 1. The van der Waals surface area contributed by atoms with Crippen molar-refractivity contribution in [3.8, 4) is 28.5 Å². The average molecular weight is 902 g/mol. The first-order valence-corrected chi connectivity index (χ1v) is 23.7. The van der Waals surface area contributed by atoms with Crippen molar-refractivity contribution in [1.82, 2.24) is 25.3 Å². The van der Waals surface area contributed by atoms with Gasteiger partial charge < -0.3 is 44.8 Å². The number of rotatable bonds is 8. The molecule has 7 aliphatic rings. The van der Waals surface area contributed by atoms with E-state index in [1.54, 1.807) is 24.3 Å². The van der Waals surface area contributed by atoms with Gasteiger partial charge in [-0.1, -0.05) is 18.2 Å². The molecule has 4 aromatic rings. The van der Waals surface area contributed by atoms with Gasteiger partial charge in [0.05, 0.1) is 29.3 Å². The van der Waals surface area contributed by atoms with E-state index >= 15 is 4.39 Å². The molecule has 16 heteroatoms. The molecule has 2 unspecified atom stereocenters. The molecule has 6 heterocycles. The van der Waals surface area contributed by atoms with Gasteiger partial charge in [0, 0.05) is 83.3 Å². The Morgan fingerprint density at radius 2 is 1.66 bits per heavy atom. The third-order valence-electron chi connectivity index (χ3n) is 15.7. The highest BCUT2D eigenvalue weighted by Crippen LogP contribution is 2.70. The normalized spacial score (nSPS) is 26.6. The number of anilines is 4. The standard InChI is InChI=1S/C49H56FN9O5S/c1-55(33-11-15-56(16-12-33)38-6-4-7-39-45(38)63-20-19-59(39)40-9-10-43(61)52-47(40)62)48(65)57-17-13-34(14-18-57)64-35-22-31(21-32(50)23-35)49-25-29-27-58(28-30(26-49)44(29)49)41-24-37(53-54-46(41)51)36-5-2-3-8-42(36)60/h2-8,21-24,29-30,33-34,40,44,60H,9-20,25-28H2,1H3,(H2,51,54)(H,52,61,62)/t29-,30+,40-,44?,49?/m0/s1. The van der Waals surface area contributed by atoms with Crippen LogP contribution in [0, 0.1) is 23.6 Å². The molecule has 0 spiro atoms. The highest BCUT2D eigenvalue weighted by molar-refractivity contribution is 7.80. The molecule has 3 aromatic carbocycles. The monoisotopic (exact) mass is 901 g/mol. The van der Waals surface area contributed by atoms with E-state index in [9.17, 15) is 14.7 Å². The number of phenols is 1. The van der Waals surface area contributed by atoms with E-state index in [0.29, 0.717) is 72.6 Å². The molecule has 65 heavy (non-hydrogen) atoms. The SMILES string of the molecule is CN(C(=S)N1CCC(Oc2cc(F)cc(C34C[C@H]5CN(c6cc(-c7ccccc7O)nnc6N)C[C@@H](C3)C54)c2)CC1)C1CCN(c2cccc3c2OCCN3[C@H]2CCC(=O)NC2=O)CC1. The van der Waals surface area contributed by atoms with Crippen LogP contribution in [0.5, 0.6) is 17.2 Å². The van der Waals surface area contributed by atoms with Crippen molar-refractivity contribution in [3.05, 3.63) is 78.1 Å². The maximum absolute atomic E-state index is 15.4. The lowest BCUT2D eigenvalue weighted by molar-refractivity contribution is -0.134. The van der Waals surface area contributed by atoms with E-state index in [1.807, 2.05) is 30.3 Å². The van der Waals surface area contributed by atoms with Crippen LogP contribution in [-0.2, 0) is 15.0 Å². The first-order chi connectivity index (χ1) is 31.5. The lowest BCUT2D eigenvalue weighted by Crippen LogP contribution is -2.71. The highest BCUT2D eigenvalue weighted by atomic mass is 32.1. The smallest absolute Gasteiger partial charge is 0.249 e. The summed E-state index contributed by atoms with van der Waals surface area (Å²) in [5.74, 6) is 2.71. The van der Waals surface area contributed by atoms with Crippen LogP contribution < -0.4 is 35.2 Å². The third kappa shape index (κ3) is 7.41. The van der Waals surface area contributed by atoms with E-state index in [4.69, 9.17) is 27.4 Å². The number of fused-ring (bicyclic) bond motifs is 1. The number of likely N-dealkylation sites (tertiary alicyclic amines) is 1. The summed E-state index contributed by atoms with van der Waals surface area (Å²) in [7, 11) is 2.12. The number of imide groups is 1. The van der Waals surface area contributed by atoms with Crippen LogP contribution in [0.25, 0.3) is 11.3 Å². The predicted molar refractivity (Wildman–Crippen MR) is 250 cm³/mol. The zero-order valence-corrected chi connectivity index (χ0v) is 37.5. The Balaban J connectivity index is 0.673. The molecule has 5 atom stereocenters. The summed E-state index contributed by atoms with van der Waals surface area (Å²) in [5.41, 5.74) is 11.4. The van der Waals surface area contributed by atoms with E-state index in [-0.39, 0.29) is 40.9 Å². The number of para-hydroxylation sites is 2. The summed E-state index contributed by atoms with van der Waals surface area (Å²) in [6.45, 7) is 6.05. The zero-order chi connectivity index (χ0) is 44.6. The summed E-state index contributed by atoms with van der Waals surface area (Å²) in [6, 6.07) is 20.5. The first kappa shape index (κ1) is 41.8. The minimum atomic E-state index is -0.383. The van der Waals surface area contributed by atoms with Crippen molar-refractivity contribution in [1.29, 1.82) is 0 Å². The third-order valence-corrected chi connectivity index (χ3v) is 16.2. The number of nitrogen functional groups attached to an aromatic ring is 1. The van der Waals surface area contributed by atoms with E-state index in [2.05, 4.69) is 59.2 Å². The molecular formula is C49H56FN9O5S. The number of aromatic nitrogens is 2. The number of piperidine rings is 4. The second kappa shape index (κ2) is 16.5. The molecule has 0 bridgehead atoms. The molecular weight excluding hydrogens is 846 g/mol. The summed E-state index contributed by atoms with van der Waals surface area (Å²) < 4.78 is 28.2. The Morgan fingerprint density at radius 3 is 2.42 bits per heavy atom. The molecule has 4 saturated heterocycles. The number of carbonyl (C=O) groups excluding carboxylic acids is 2. The van der Waals surface area contributed by atoms with Gasteiger partial charge in [-0.15, -0.1) is 10.2 Å². The Kier molecular flexibility index (Phi) is 10.6. The van der Waals surface area contributed by atoms with E-state index < -0.39 is 0 Å². The van der Waals surface area contributed by atoms with Gasteiger partial charge in [0.2, 0.25) is 11.8 Å². The number of thiocarbonyl (C=S) groups is 1. The summed E-state index contributed by atoms with van der Waals surface area (Å²) >= 11 is 6.10. The van der Waals surface area contributed by atoms with Gasteiger partial charge in [-0.25, -0.2) is 4.39 Å². The number of amides is 2. The summed E-state index contributed by atoms with van der Waals surface area (Å²) in [4.78, 5) is 36.0. The largest absolute Gasteiger partial charge is 0.507 e. The van der Waals surface area contributed by atoms with E-state index in [1.165, 1.54) is 0 Å². The number of nitrogens with zero attached hydrogens (tertiary/aromatic N) is 7. The summed E-state index contributed by atoms with van der Waals surface area (Å²) in [6.07, 6.45) is 6.31. The lowest BCUT2D eigenvalue weighted by atomic mass is 9.35. The molecule has 0 radical (unpaired) electrons. The Bertz CT molecular complexity index is 2520. The van der Waals surface area contributed by atoms with Crippen molar-refractivity contribution in [3.63, 3.8) is 0 Å². The number of phenolic OH excluding ortho intramolecular Hbond substituents is 1. The quantitative estimate of drug-likeness (QED) is 0.146. The average Bonchev–Trinajstić information content (AvgIpc) is 3.29. The fraction of sp³-hybridized carbons (Fsp3) is 0.490. The molecule has 4 N–H and O–H groups in total.